The van der Waals surface area contributed by atoms with Gasteiger partial charge in [0.1, 0.15) is 23.8 Å². The van der Waals surface area contributed by atoms with E-state index in [2.05, 4.69) is 33.8 Å². The Balaban J connectivity index is 1.30. The lowest BCUT2D eigenvalue weighted by molar-refractivity contribution is -0.149. The summed E-state index contributed by atoms with van der Waals surface area (Å²) in [5, 5.41) is 19.1. The zero-order chi connectivity index (χ0) is 25.1. The molecule has 2 aromatic rings. The van der Waals surface area contributed by atoms with Crippen LogP contribution in [0.25, 0.3) is 0 Å². The van der Waals surface area contributed by atoms with Gasteiger partial charge in [0.25, 0.3) is 0 Å². The summed E-state index contributed by atoms with van der Waals surface area (Å²) < 4.78 is 0. The van der Waals surface area contributed by atoms with Gasteiger partial charge >= 0.3 is 0 Å². The summed E-state index contributed by atoms with van der Waals surface area (Å²) in [5.74, 6) is 2.50. The van der Waals surface area contributed by atoms with Crippen molar-refractivity contribution in [2.45, 2.75) is 37.6 Å². The fraction of sp³-hybridized carbons (Fsp3) is 0.538. The van der Waals surface area contributed by atoms with Gasteiger partial charge in [-0.25, -0.2) is 15.0 Å². The van der Waals surface area contributed by atoms with Crippen molar-refractivity contribution in [1.29, 1.82) is 10.5 Å². The van der Waals surface area contributed by atoms with Crippen molar-refractivity contribution < 1.29 is 4.79 Å². The van der Waals surface area contributed by atoms with Crippen LogP contribution in [-0.4, -0.2) is 83.0 Å². The van der Waals surface area contributed by atoms with Crippen molar-refractivity contribution in [1.82, 2.24) is 24.8 Å². The van der Waals surface area contributed by atoms with Crippen LogP contribution in [0.4, 0.5) is 17.5 Å². The minimum Gasteiger partial charge on any atom is -0.352 e. The summed E-state index contributed by atoms with van der Waals surface area (Å²) in [4.78, 5) is 35.7. The lowest BCUT2D eigenvalue weighted by Gasteiger charge is -2.48. The van der Waals surface area contributed by atoms with Crippen LogP contribution in [-0.2, 0) is 10.2 Å². The van der Waals surface area contributed by atoms with E-state index in [1.165, 1.54) is 5.56 Å². The van der Waals surface area contributed by atoms with Crippen LogP contribution < -0.4 is 9.80 Å². The van der Waals surface area contributed by atoms with Crippen LogP contribution in [0.3, 0.4) is 0 Å². The van der Waals surface area contributed by atoms with E-state index in [1.807, 2.05) is 22.9 Å². The molecule has 10 heteroatoms. The van der Waals surface area contributed by atoms with E-state index < -0.39 is 5.41 Å². The van der Waals surface area contributed by atoms with Gasteiger partial charge in [-0.1, -0.05) is 6.42 Å². The first-order valence-corrected chi connectivity index (χ1v) is 12.5. The number of nitrogens with zero attached hydrogens (tertiary/aromatic N) is 9. The monoisotopic (exact) mass is 483 g/mol. The van der Waals surface area contributed by atoms with E-state index >= 15 is 0 Å². The largest absolute Gasteiger partial charge is 0.352 e. The molecule has 3 aliphatic heterocycles. The minimum atomic E-state index is -0.914. The molecule has 5 heterocycles. The first-order valence-electron chi connectivity index (χ1n) is 12.5. The molecule has 0 bridgehead atoms. The second-order valence-corrected chi connectivity index (χ2v) is 10.8. The summed E-state index contributed by atoms with van der Waals surface area (Å²) in [7, 11) is 1.94. The molecule has 1 unspecified atom stereocenters. The third kappa shape index (κ3) is 3.25. The van der Waals surface area contributed by atoms with Crippen LogP contribution in [0.5, 0.6) is 0 Å². The van der Waals surface area contributed by atoms with Crippen molar-refractivity contribution in [3.05, 3.63) is 35.8 Å². The molecule has 1 saturated carbocycles. The quantitative estimate of drug-likeness (QED) is 0.644. The molecule has 0 N–H and O–H groups in total. The van der Waals surface area contributed by atoms with Crippen LogP contribution in [0.2, 0.25) is 0 Å². The highest BCUT2D eigenvalue weighted by Crippen LogP contribution is 2.56. The highest BCUT2D eigenvalue weighted by molar-refractivity contribution is 5.88. The number of pyridine rings is 1. The van der Waals surface area contributed by atoms with Gasteiger partial charge in [-0.2, -0.15) is 10.5 Å². The van der Waals surface area contributed by atoms with Crippen LogP contribution in [0.1, 0.15) is 37.3 Å². The number of rotatable bonds is 3. The summed E-state index contributed by atoms with van der Waals surface area (Å²) in [6, 6.07) is 8.00. The topological polar surface area (TPSA) is 116 Å². The Labute approximate surface area is 210 Å². The number of carbonyl (C=O) groups is 1. The van der Waals surface area contributed by atoms with E-state index in [0.717, 1.165) is 43.3 Å². The number of hydrogen-bond donors (Lipinski definition) is 0. The van der Waals surface area contributed by atoms with Crippen LogP contribution in [0, 0.1) is 28.1 Å². The maximum atomic E-state index is 13.3. The molecule has 1 amide bonds. The summed E-state index contributed by atoms with van der Waals surface area (Å²) in [5.41, 5.74) is 0.811. The smallest absolute Gasteiger partial charge is 0.246 e. The lowest BCUT2D eigenvalue weighted by atomic mass is 9.66. The Morgan fingerprint density at radius 2 is 1.89 bits per heavy atom. The summed E-state index contributed by atoms with van der Waals surface area (Å²) in [6.45, 7) is 5.71. The molecular formula is C26H29N9O. The second kappa shape index (κ2) is 8.14. The molecular weight excluding hydrogens is 454 g/mol. The number of likely N-dealkylation sites (tertiary alicyclic amines) is 1. The standard InChI is InChI=1S/C26H29N9O/c1-18-12-33(8-9-34(18)24(36)26(13-28)14-32(2)15-26)22-21-23(31-17-30-22)35(16-25(21)5-3-6-25)20-10-19(11-27)4-7-29-20/h4,7,10,17-18H,3,5-6,8-9,12,14-16H2,1-2H3. The molecule has 2 aromatic heterocycles. The molecule has 3 fully saturated rings. The van der Waals surface area contributed by atoms with Crippen LogP contribution in [0.15, 0.2) is 24.7 Å². The van der Waals surface area contributed by atoms with E-state index in [4.69, 9.17) is 9.97 Å². The van der Waals surface area contributed by atoms with Gasteiger partial charge < -0.3 is 19.6 Å². The average molecular weight is 484 g/mol. The van der Waals surface area contributed by atoms with Gasteiger partial charge in [-0.3, -0.25) is 4.79 Å². The molecule has 6 rings (SSSR count). The Morgan fingerprint density at radius 3 is 2.53 bits per heavy atom. The Bertz CT molecular complexity index is 1300. The van der Waals surface area contributed by atoms with Gasteiger partial charge in [0.15, 0.2) is 5.41 Å². The lowest BCUT2D eigenvalue weighted by Crippen LogP contribution is -2.65. The molecule has 2 saturated heterocycles. The van der Waals surface area contributed by atoms with Gasteiger partial charge in [0.05, 0.1) is 17.7 Å². The van der Waals surface area contributed by atoms with Gasteiger partial charge in [0.2, 0.25) is 5.91 Å². The third-order valence-corrected chi connectivity index (χ3v) is 8.41. The van der Waals surface area contributed by atoms with E-state index in [-0.39, 0.29) is 17.4 Å². The van der Waals surface area contributed by atoms with Crippen molar-refractivity contribution in [2.75, 3.05) is 56.1 Å². The molecule has 0 aromatic carbocycles. The number of fused-ring (bicyclic) bond motifs is 2. The van der Waals surface area contributed by atoms with Gasteiger partial charge in [-0.15, -0.1) is 0 Å². The van der Waals surface area contributed by atoms with E-state index in [0.29, 0.717) is 38.3 Å². The molecule has 1 atom stereocenters. The second-order valence-electron chi connectivity index (χ2n) is 10.8. The predicted molar refractivity (Wildman–Crippen MR) is 132 cm³/mol. The van der Waals surface area contributed by atoms with Crippen LogP contribution >= 0.6 is 0 Å². The SMILES string of the molecule is CC1CN(c2ncnc3c2C2(CCC2)CN3c2cc(C#N)ccn2)CCN1C(=O)C1(C#N)CN(C)C1. The maximum Gasteiger partial charge on any atom is 0.246 e. The zero-order valence-corrected chi connectivity index (χ0v) is 20.7. The Hall–Kier alpha value is -3.76. The van der Waals surface area contributed by atoms with Gasteiger partial charge in [-0.05, 0) is 38.9 Å². The van der Waals surface area contributed by atoms with E-state index in [1.54, 1.807) is 18.6 Å². The molecule has 1 spiro atoms. The molecule has 1 aliphatic carbocycles. The maximum absolute atomic E-state index is 13.3. The number of hydrogen-bond acceptors (Lipinski definition) is 9. The highest BCUT2D eigenvalue weighted by atomic mass is 16.2. The number of amides is 1. The Morgan fingerprint density at radius 1 is 1.11 bits per heavy atom. The van der Waals surface area contributed by atoms with Gasteiger partial charge in [0, 0.05) is 62.5 Å². The third-order valence-electron chi connectivity index (χ3n) is 8.41. The normalized spacial score (nSPS) is 23.9. The number of anilines is 3. The number of carbonyl (C=O) groups excluding carboxylic acids is 1. The Kier molecular flexibility index (Phi) is 5.13. The average Bonchev–Trinajstić information content (AvgIpc) is 3.23. The highest BCUT2D eigenvalue weighted by Gasteiger charge is 2.53. The fourth-order valence-electron chi connectivity index (χ4n) is 6.44. The van der Waals surface area contributed by atoms with Crippen molar-refractivity contribution in [3.63, 3.8) is 0 Å². The number of nitriles is 2. The minimum absolute atomic E-state index is 0.0200. The molecule has 0 radical (unpaired) electrons. The molecule has 4 aliphatic rings. The first kappa shape index (κ1) is 22.7. The first-order chi connectivity index (χ1) is 17.4. The molecule has 184 valence electrons. The molecule has 10 nitrogen and oxygen atoms in total. The van der Waals surface area contributed by atoms with Crippen molar-refractivity contribution in [3.8, 4) is 12.1 Å². The fourth-order valence-corrected chi connectivity index (χ4v) is 6.44. The van der Waals surface area contributed by atoms with E-state index in [9.17, 15) is 15.3 Å². The number of piperazine rings is 1. The zero-order valence-electron chi connectivity index (χ0n) is 20.7. The summed E-state index contributed by atoms with van der Waals surface area (Å²) in [6.07, 6.45) is 6.59. The van der Waals surface area contributed by atoms with Crippen molar-refractivity contribution >= 4 is 23.4 Å². The van der Waals surface area contributed by atoms with Crippen molar-refractivity contribution in [2.24, 2.45) is 5.41 Å². The summed E-state index contributed by atoms with van der Waals surface area (Å²) >= 11 is 0. The number of aromatic nitrogens is 3. The molecule has 36 heavy (non-hydrogen) atoms. The predicted octanol–water partition coefficient (Wildman–Crippen LogP) is 1.81.